The molecule has 1 aromatic rings. The molecule has 106 valence electrons. The van der Waals surface area contributed by atoms with Gasteiger partial charge in [0.1, 0.15) is 11.6 Å². The van der Waals surface area contributed by atoms with E-state index in [0.717, 1.165) is 19.4 Å². The molecule has 1 aliphatic carbocycles. The molecule has 1 aliphatic rings. The van der Waals surface area contributed by atoms with Gasteiger partial charge >= 0.3 is 0 Å². The van der Waals surface area contributed by atoms with Crippen LogP contribution in [-0.4, -0.2) is 12.1 Å². The second kappa shape index (κ2) is 5.49. The monoisotopic (exact) mass is 331 g/mol. The predicted octanol–water partition coefficient (Wildman–Crippen LogP) is 4.61. The summed E-state index contributed by atoms with van der Waals surface area (Å²) >= 11 is 3.14. The van der Waals surface area contributed by atoms with Gasteiger partial charge in [0.25, 0.3) is 0 Å². The fourth-order valence-corrected chi connectivity index (χ4v) is 2.86. The zero-order chi connectivity index (χ0) is 14.2. The summed E-state index contributed by atoms with van der Waals surface area (Å²) < 4.78 is 28.3. The number of benzene rings is 1. The summed E-state index contributed by atoms with van der Waals surface area (Å²) in [5.41, 5.74) is 0.287. The SMILES string of the molecule is CC(C)(C)NCC1CCC1c1c(F)ccc(Br)c1F. The lowest BCUT2D eigenvalue weighted by molar-refractivity contribution is 0.216. The highest BCUT2D eigenvalue weighted by atomic mass is 79.9. The lowest BCUT2D eigenvalue weighted by Crippen LogP contribution is -2.43. The van der Waals surface area contributed by atoms with Gasteiger partial charge in [-0.15, -0.1) is 0 Å². The zero-order valence-corrected chi connectivity index (χ0v) is 13.2. The lowest BCUT2D eigenvalue weighted by atomic mass is 9.69. The average molecular weight is 332 g/mol. The van der Waals surface area contributed by atoms with E-state index in [0.29, 0.717) is 10.4 Å². The normalized spacial score (nSPS) is 23.3. The van der Waals surface area contributed by atoms with Gasteiger partial charge in [-0.25, -0.2) is 8.78 Å². The van der Waals surface area contributed by atoms with Crippen molar-refractivity contribution in [3.8, 4) is 0 Å². The fraction of sp³-hybridized carbons (Fsp3) is 0.600. The van der Waals surface area contributed by atoms with E-state index in [1.54, 1.807) is 0 Å². The zero-order valence-electron chi connectivity index (χ0n) is 11.6. The molecule has 0 aromatic heterocycles. The first-order valence-corrected chi connectivity index (χ1v) is 7.47. The van der Waals surface area contributed by atoms with Gasteiger partial charge in [0.05, 0.1) is 4.47 Å². The Kier molecular flexibility index (Phi) is 4.31. The van der Waals surface area contributed by atoms with Gasteiger partial charge in [-0.05, 0) is 80.1 Å². The van der Waals surface area contributed by atoms with Crippen molar-refractivity contribution < 1.29 is 8.78 Å². The molecule has 0 amide bonds. The minimum absolute atomic E-state index is 0.00708. The minimum Gasteiger partial charge on any atom is -0.312 e. The molecule has 2 atom stereocenters. The van der Waals surface area contributed by atoms with Crippen LogP contribution in [0.3, 0.4) is 0 Å². The van der Waals surface area contributed by atoms with Crippen molar-refractivity contribution in [3.63, 3.8) is 0 Å². The van der Waals surface area contributed by atoms with E-state index in [1.165, 1.54) is 12.1 Å². The third kappa shape index (κ3) is 3.34. The van der Waals surface area contributed by atoms with Crippen LogP contribution < -0.4 is 5.32 Å². The highest BCUT2D eigenvalue weighted by molar-refractivity contribution is 9.10. The molecule has 0 bridgehead atoms. The van der Waals surface area contributed by atoms with Crippen LogP contribution in [0.15, 0.2) is 16.6 Å². The molecule has 0 heterocycles. The topological polar surface area (TPSA) is 12.0 Å². The summed E-state index contributed by atoms with van der Waals surface area (Å²) in [6.45, 7) is 7.10. The summed E-state index contributed by atoms with van der Waals surface area (Å²) in [7, 11) is 0. The van der Waals surface area contributed by atoms with Crippen molar-refractivity contribution in [2.45, 2.75) is 45.1 Å². The van der Waals surface area contributed by atoms with Crippen LogP contribution in [0.4, 0.5) is 8.78 Å². The van der Waals surface area contributed by atoms with Crippen LogP contribution in [0.5, 0.6) is 0 Å². The van der Waals surface area contributed by atoms with Crippen molar-refractivity contribution in [3.05, 3.63) is 33.8 Å². The van der Waals surface area contributed by atoms with E-state index in [9.17, 15) is 8.78 Å². The van der Waals surface area contributed by atoms with Gasteiger partial charge in [-0.3, -0.25) is 0 Å². The molecular formula is C15H20BrF2N. The third-order valence-electron chi connectivity index (χ3n) is 3.76. The van der Waals surface area contributed by atoms with Crippen LogP contribution in [0.25, 0.3) is 0 Å². The number of halogens is 3. The van der Waals surface area contributed by atoms with E-state index < -0.39 is 11.6 Å². The van der Waals surface area contributed by atoms with Gasteiger partial charge in [0, 0.05) is 11.1 Å². The fourth-order valence-electron chi connectivity index (χ4n) is 2.51. The van der Waals surface area contributed by atoms with E-state index in [2.05, 4.69) is 42.0 Å². The Morgan fingerprint density at radius 3 is 2.47 bits per heavy atom. The predicted molar refractivity (Wildman–Crippen MR) is 77.3 cm³/mol. The number of hydrogen-bond donors (Lipinski definition) is 1. The maximum atomic E-state index is 14.1. The van der Waals surface area contributed by atoms with Crippen molar-refractivity contribution in [1.82, 2.24) is 5.32 Å². The van der Waals surface area contributed by atoms with Gasteiger partial charge in [0.2, 0.25) is 0 Å². The highest BCUT2D eigenvalue weighted by Gasteiger charge is 2.36. The Hall–Kier alpha value is -0.480. The standard InChI is InChI=1S/C15H20BrF2N/c1-15(2,3)19-8-9-4-5-10(9)13-12(17)7-6-11(16)14(13)18/h6-7,9-10,19H,4-5,8H2,1-3H3. The minimum atomic E-state index is -0.439. The molecule has 4 heteroatoms. The molecule has 1 saturated carbocycles. The van der Waals surface area contributed by atoms with Gasteiger partial charge in [-0.1, -0.05) is 0 Å². The first kappa shape index (κ1) is 14.9. The van der Waals surface area contributed by atoms with Crippen molar-refractivity contribution >= 4 is 15.9 Å². The largest absolute Gasteiger partial charge is 0.312 e. The smallest absolute Gasteiger partial charge is 0.143 e. The molecule has 2 rings (SSSR count). The number of nitrogens with one attached hydrogen (secondary N) is 1. The van der Waals surface area contributed by atoms with Gasteiger partial charge in [0.15, 0.2) is 0 Å². The van der Waals surface area contributed by atoms with E-state index in [-0.39, 0.29) is 17.0 Å². The maximum Gasteiger partial charge on any atom is 0.143 e. The third-order valence-corrected chi connectivity index (χ3v) is 4.37. The number of hydrogen-bond acceptors (Lipinski definition) is 1. The Balaban J connectivity index is 2.13. The lowest BCUT2D eigenvalue weighted by Gasteiger charge is -2.39. The molecule has 0 radical (unpaired) electrons. The van der Waals surface area contributed by atoms with Crippen LogP contribution >= 0.6 is 15.9 Å². The summed E-state index contributed by atoms with van der Waals surface area (Å²) in [4.78, 5) is 0. The highest BCUT2D eigenvalue weighted by Crippen LogP contribution is 2.45. The van der Waals surface area contributed by atoms with Gasteiger partial charge < -0.3 is 5.32 Å². The second-order valence-electron chi connectivity index (χ2n) is 6.33. The molecule has 1 nitrogen and oxygen atoms in total. The van der Waals surface area contributed by atoms with Crippen molar-refractivity contribution in [2.24, 2.45) is 5.92 Å². The molecule has 1 N–H and O–H groups in total. The molecule has 1 fully saturated rings. The Bertz CT molecular complexity index is 468. The first-order chi connectivity index (χ1) is 8.79. The average Bonchev–Trinajstić information content (AvgIpc) is 2.26. The molecule has 2 unspecified atom stereocenters. The maximum absolute atomic E-state index is 14.1. The molecule has 0 spiro atoms. The molecular weight excluding hydrogens is 312 g/mol. The van der Waals surface area contributed by atoms with Crippen molar-refractivity contribution in [1.29, 1.82) is 0 Å². The second-order valence-corrected chi connectivity index (χ2v) is 7.19. The van der Waals surface area contributed by atoms with Crippen molar-refractivity contribution in [2.75, 3.05) is 6.54 Å². The first-order valence-electron chi connectivity index (χ1n) is 6.68. The molecule has 19 heavy (non-hydrogen) atoms. The van der Waals surface area contributed by atoms with Crippen LogP contribution in [0.1, 0.15) is 45.1 Å². The summed E-state index contributed by atoms with van der Waals surface area (Å²) in [5, 5.41) is 3.42. The van der Waals surface area contributed by atoms with Gasteiger partial charge in [-0.2, -0.15) is 0 Å². The van der Waals surface area contributed by atoms with E-state index >= 15 is 0 Å². The molecule has 0 saturated heterocycles. The Morgan fingerprint density at radius 2 is 1.95 bits per heavy atom. The summed E-state index contributed by atoms with van der Waals surface area (Å²) in [5.74, 6) is -0.554. The van der Waals surface area contributed by atoms with Crippen LogP contribution in [0.2, 0.25) is 0 Å². The van der Waals surface area contributed by atoms with Crippen LogP contribution in [0, 0.1) is 17.6 Å². The van der Waals surface area contributed by atoms with E-state index in [4.69, 9.17) is 0 Å². The Morgan fingerprint density at radius 1 is 1.26 bits per heavy atom. The van der Waals surface area contributed by atoms with Crippen LogP contribution in [-0.2, 0) is 0 Å². The van der Waals surface area contributed by atoms with E-state index in [1.807, 2.05) is 0 Å². The summed E-state index contributed by atoms with van der Waals surface area (Å²) in [6, 6.07) is 2.77. The number of rotatable bonds is 3. The molecule has 1 aromatic carbocycles. The quantitative estimate of drug-likeness (QED) is 0.797. The Labute approximate surface area is 121 Å². The summed E-state index contributed by atoms with van der Waals surface area (Å²) in [6.07, 6.45) is 1.89. The molecule has 0 aliphatic heterocycles.